The number of fused-ring (bicyclic) bond motifs is 1. The average Bonchev–Trinajstić information content (AvgIpc) is 2.87. The van der Waals surface area contributed by atoms with Crippen molar-refractivity contribution < 1.29 is 9.53 Å². The molecule has 3 rings (SSSR count). The van der Waals surface area contributed by atoms with Gasteiger partial charge in [-0.15, -0.1) is 0 Å². The largest absolute Gasteiger partial charge is 0.379 e. The van der Waals surface area contributed by atoms with Crippen LogP contribution in [0.2, 0.25) is 5.02 Å². The van der Waals surface area contributed by atoms with E-state index >= 15 is 0 Å². The first-order valence-corrected chi connectivity index (χ1v) is 7.87. The minimum Gasteiger partial charge on any atom is -0.379 e. The van der Waals surface area contributed by atoms with Gasteiger partial charge in [-0.2, -0.15) is 0 Å². The van der Waals surface area contributed by atoms with E-state index in [9.17, 15) is 4.79 Å². The Morgan fingerprint density at radius 1 is 1.36 bits per heavy atom. The van der Waals surface area contributed by atoms with Gasteiger partial charge in [0.2, 0.25) is 0 Å². The highest BCUT2D eigenvalue weighted by Crippen LogP contribution is 2.25. The number of rotatable bonds is 4. The molecular formula is C16H20ClN3O2. The summed E-state index contributed by atoms with van der Waals surface area (Å²) in [6, 6.07) is 7.58. The number of carbonyl (C=O) groups excluding carboxylic acids is 1. The van der Waals surface area contributed by atoms with E-state index < -0.39 is 0 Å². The fourth-order valence-electron chi connectivity index (χ4n) is 2.83. The van der Waals surface area contributed by atoms with E-state index in [2.05, 4.69) is 10.2 Å². The lowest BCUT2D eigenvalue weighted by Crippen LogP contribution is -2.41. The number of ether oxygens (including phenoxy) is 1. The van der Waals surface area contributed by atoms with Gasteiger partial charge in [-0.3, -0.25) is 9.69 Å². The quantitative estimate of drug-likeness (QED) is 0.935. The Kier molecular flexibility index (Phi) is 4.66. The number of nitrogens with one attached hydrogen (secondary N) is 1. The van der Waals surface area contributed by atoms with Gasteiger partial charge < -0.3 is 14.6 Å². The molecule has 2 aromatic rings. The third kappa shape index (κ3) is 3.11. The molecule has 1 aliphatic heterocycles. The van der Waals surface area contributed by atoms with E-state index in [-0.39, 0.29) is 5.91 Å². The molecule has 0 unspecified atom stereocenters. The van der Waals surface area contributed by atoms with Gasteiger partial charge in [0.25, 0.3) is 5.91 Å². The summed E-state index contributed by atoms with van der Waals surface area (Å²) in [4.78, 5) is 14.7. The predicted octanol–water partition coefficient (Wildman–Crippen LogP) is 1.89. The van der Waals surface area contributed by atoms with Gasteiger partial charge in [-0.25, -0.2) is 0 Å². The average molecular weight is 322 g/mol. The maximum Gasteiger partial charge on any atom is 0.267 e. The van der Waals surface area contributed by atoms with Crippen LogP contribution in [0.15, 0.2) is 24.3 Å². The number of aryl methyl sites for hydroxylation is 1. The Balaban J connectivity index is 1.65. The van der Waals surface area contributed by atoms with Gasteiger partial charge in [-0.05, 0) is 12.1 Å². The number of halogens is 1. The van der Waals surface area contributed by atoms with Crippen LogP contribution < -0.4 is 5.32 Å². The van der Waals surface area contributed by atoms with Crippen molar-refractivity contribution in [2.45, 2.75) is 0 Å². The lowest BCUT2D eigenvalue weighted by Gasteiger charge is -2.26. The zero-order chi connectivity index (χ0) is 15.5. The lowest BCUT2D eigenvalue weighted by atomic mass is 10.2. The Morgan fingerprint density at radius 3 is 2.86 bits per heavy atom. The molecule has 1 N–H and O–H groups in total. The minimum absolute atomic E-state index is 0.0666. The second-order valence-corrected chi connectivity index (χ2v) is 5.88. The van der Waals surface area contributed by atoms with Crippen LogP contribution in [0.1, 0.15) is 10.5 Å². The number of benzene rings is 1. The number of para-hydroxylation sites is 1. The topological polar surface area (TPSA) is 46.5 Å². The van der Waals surface area contributed by atoms with E-state index in [0.717, 1.165) is 43.8 Å². The summed E-state index contributed by atoms with van der Waals surface area (Å²) in [5.74, 6) is -0.0666. The first-order valence-electron chi connectivity index (χ1n) is 7.49. The Hall–Kier alpha value is -1.56. The monoisotopic (exact) mass is 321 g/mol. The predicted molar refractivity (Wildman–Crippen MR) is 87.5 cm³/mol. The summed E-state index contributed by atoms with van der Waals surface area (Å²) in [6.45, 7) is 4.89. The van der Waals surface area contributed by atoms with Crippen molar-refractivity contribution in [2.75, 3.05) is 39.4 Å². The van der Waals surface area contributed by atoms with Gasteiger partial charge in [0.15, 0.2) is 0 Å². The fraction of sp³-hybridized carbons (Fsp3) is 0.438. The highest BCUT2D eigenvalue weighted by atomic mass is 35.5. The summed E-state index contributed by atoms with van der Waals surface area (Å²) < 4.78 is 7.16. The van der Waals surface area contributed by atoms with Crippen molar-refractivity contribution in [3.05, 3.63) is 35.0 Å². The second-order valence-electron chi connectivity index (χ2n) is 5.48. The summed E-state index contributed by atoms with van der Waals surface area (Å²) in [7, 11) is 1.87. The smallest absolute Gasteiger partial charge is 0.267 e. The van der Waals surface area contributed by atoms with Crippen LogP contribution in [-0.2, 0) is 11.8 Å². The number of carbonyl (C=O) groups is 1. The Bertz CT molecular complexity index is 677. The zero-order valence-corrected chi connectivity index (χ0v) is 13.4. The first-order chi connectivity index (χ1) is 10.7. The van der Waals surface area contributed by atoms with Gasteiger partial charge >= 0.3 is 0 Å². The van der Waals surface area contributed by atoms with Crippen molar-refractivity contribution in [3.63, 3.8) is 0 Å². The molecule has 22 heavy (non-hydrogen) atoms. The molecule has 1 aromatic heterocycles. The molecule has 0 bridgehead atoms. The van der Waals surface area contributed by atoms with Crippen molar-refractivity contribution >= 4 is 28.4 Å². The molecule has 118 valence electrons. The number of nitrogens with zero attached hydrogens (tertiary/aromatic N) is 2. The number of aromatic nitrogens is 1. The lowest BCUT2D eigenvalue weighted by molar-refractivity contribution is 0.0383. The Morgan fingerprint density at radius 2 is 2.14 bits per heavy atom. The van der Waals surface area contributed by atoms with Crippen LogP contribution in [0.25, 0.3) is 10.9 Å². The number of amides is 1. The molecule has 1 fully saturated rings. The SMILES string of the molecule is Cn1c(C(=O)NCCN2CCOCC2)cc2cccc(Cl)c21. The number of morpholine rings is 1. The normalized spacial score (nSPS) is 16.1. The first kappa shape index (κ1) is 15.3. The summed E-state index contributed by atoms with van der Waals surface area (Å²) in [6.07, 6.45) is 0. The van der Waals surface area contributed by atoms with Gasteiger partial charge in [0, 0.05) is 38.6 Å². The highest BCUT2D eigenvalue weighted by Gasteiger charge is 2.15. The Labute approximate surface area is 134 Å². The minimum atomic E-state index is -0.0666. The molecule has 5 nitrogen and oxygen atoms in total. The molecule has 0 radical (unpaired) electrons. The van der Waals surface area contributed by atoms with Gasteiger partial charge in [0.1, 0.15) is 5.69 Å². The summed E-state index contributed by atoms with van der Waals surface area (Å²) >= 11 is 6.22. The number of hydrogen-bond acceptors (Lipinski definition) is 3. The van der Waals surface area contributed by atoms with E-state index in [1.165, 1.54) is 0 Å². The molecular weight excluding hydrogens is 302 g/mol. The third-order valence-corrected chi connectivity index (χ3v) is 4.36. The van der Waals surface area contributed by atoms with Crippen LogP contribution in [0.3, 0.4) is 0 Å². The number of hydrogen-bond donors (Lipinski definition) is 1. The van der Waals surface area contributed by atoms with E-state index in [1.54, 1.807) is 0 Å². The molecule has 6 heteroatoms. The van der Waals surface area contributed by atoms with Crippen LogP contribution in [0.5, 0.6) is 0 Å². The van der Waals surface area contributed by atoms with Crippen LogP contribution in [0, 0.1) is 0 Å². The zero-order valence-electron chi connectivity index (χ0n) is 12.6. The summed E-state index contributed by atoms with van der Waals surface area (Å²) in [5.41, 5.74) is 1.52. The molecule has 1 saturated heterocycles. The van der Waals surface area contributed by atoms with Gasteiger partial charge in [0.05, 0.1) is 23.8 Å². The van der Waals surface area contributed by atoms with E-state index in [1.807, 2.05) is 35.9 Å². The second kappa shape index (κ2) is 6.69. The maximum absolute atomic E-state index is 12.4. The molecule has 0 saturated carbocycles. The van der Waals surface area contributed by atoms with Crippen LogP contribution >= 0.6 is 11.6 Å². The molecule has 1 aliphatic rings. The maximum atomic E-state index is 12.4. The standard InChI is InChI=1S/C16H20ClN3O2/c1-19-14(11-12-3-2-4-13(17)15(12)19)16(21)18-5-6-20-7-9-22-10-8-20/h2-4,11H,5-10H2,1H3,(H,18,21). The van der Waals surface area contributed by atoms with Crippen molar-refractivity contribution in [1.82, 2.24) is 14.8 Å². The fourth-order valence-corrected chi connectivity index (χ4v) is 3.14. The van der Waals surface area contributed by atoms with Crippen molar-refractivity contribution in [1.29, 1.82) is 0 Å². The van der Waals surface area contributed by atoms with E-state index in [4.69, 9.17) is 16.3 Å². The van der Waals surface area contributed by atoms with Crippen molar-refractivity contribution in [2.24, 2.45) is 7.05 Å². The summed E-state index contributed by atoms with van der Waals surface area (Å²) in [5, 5.41) is 4.62. The molecule has 0 aliphatic carbocycles. The van der Waals surface area contributed by atoms with Gasteiger partial charge in [-0.1, -0.05) is 23.7 Å². The third-order valence-electron chi connectivity index (χ3n) is 4.06. The van der Waals surface area contributed by atoms with Crippen LogP contribution in [-0.4, -0.2) is 54.8 Å². The molecule has 1 amide bonds. The molecule has 0 atom stereocenters. The molecule has 2 heterocycles. The highest BCUT2D eigenvalue weighted by molar-refractivity contribution is 6.35. The van der Waals surface area contributed by atoms with Crippen LogP contribution in [0.4, 0.5) is 0 Å². The molecule has 0 spiro atoms. The molecule has 1 aromatic carbocycles. The van der Waals surface area contributed by atoms with E-state index in [0.29, 0.717) is 17.3 Å². The van der Waals surface area contributed by atoms with Crippen molar-refractivity contribution in [3.8, 4) is 0 Å².